The highest BCUT2D eigenvalue weighted by molar-refractivity contribution is 5.75. The molecule has 1 unspecified atom stereocenters. The van der Waals surface area contributed by atoms with Crippen LogP contribution in [0.2, 0.25) is 0 Å². The van der Waals surface area contributed by atoms with Gasteiger partial charge in [0.15, 0.2) is 17.4 Å². The normalized spacial score (nSPS) is 17.1. The van der Waals surface area contributed by atoms with Crippen LogP contribution in [0.25, 0.3) is 0 Å². The Hall–Kier alpha value is -2.23. The van der Waals surface area contributed by atoms with Gasteiger partial charge in [0.05, 0.1) is 0 Å². The molecule has 0 bridgehead atoms. The van der Waals surface area contributed by atoms with Crippen LogP contribution >= 0.6 is 0 Å². The van der Waals surface area contributed by atoms with Crippen LogP contribution in [0, 0.1) is 11.6 Å². The van der Waals surface area contributed by atoms with E-state index in [1.54, 1.807) is 0 Å². The fourth-order valence-electron chi connectivity index (χ4n) is 2.73. The Bertz CT molecular complexity index is 659. The average molecular weight is 288 g/mol. The van der Waals surface area contributed by atoms with E-state index in [0.717, 1.165) is 36.1 Å². The number of carbonyl (C=O) groups is 1. The zero-order valence-corrected chi connectivity index (χ0v) is 11.3. The summed E-state index contributed by atoms with van der Waals surface area (Å²) in [7, 11) is 0. The van der Waals surface area contributed by atoms with Gasteiger partial charge in [-0.3, -0.25) is 4.79 Å². The van der Waals surface area contributed by atoms with Gasteiger partial charge < -0.3 is 4.74 Å². The van der Waals surface area contributed by atoms with Crippen LogP contribution in [0.3, 0.4) is 0 Å². The van der Waals surface area contributed by atoms with E-state index < -0.39 is 17.4 Å². The van der Waals surface area contributed by atoms with Crippen molar-refractivity contribution in [3.63, 3.8) is 0 Å². The zero-order valence-electron chi connectivity index (χ0n) is 11.3. The molecule has 0 amide bonds. The summed E-state index contributed by atoms with van der Waals surface area (Å²) in [6.45, 7) is 0. The van der Waals surface area contributed by atoms with E-state index in [1.807, 2.05) is 24.3 Å². The van der Waals surface area contributed by atoms with Crippen LogP contribution in [0.5, 0.6) is 5.75 Å². The predicted molar refractivity (Wildman–Crippen MR) is 74.5 cm³/mol. The van der Waals surface area contributed by atoms with Gasteiger partial charge in [-0.15, -0.1) is 0 Å². The Morgan fingerprint density at radius 2 is 1.86 bits per heavy atom. The van der Waals surface area contributed by atoms with Gasteiger partial charge in [0.1, 0.15) is 12.4 Å². The number of aryl methyl sites for hydroxylation is 1. The molecule has 4 heteroatoms. The fraction of sp³-hybridized carbons (Fsp3) is 0.235. The Kier molecular flexibility index (Phi) is 3.69. The predicted octanol–water partition coefficient (Wildman–Crippen LogP) is 4.23. The zero-order chi connectivity index (χ0) is 14.8. The summed E-state index contributed by atoms with van der Waals surface area (Å²) < 4.78 is 33.4. The molecule has 0 saturated carbocycles. The van der Waals surface area contributed by atoms with Crippen LogP contribution in [0.15, 0.2) is 36.4 Å². The third-order valence-corrected chi connectivity index (χ3v) is 3.73. The van der Waals surface area contributed by atoms with Crippen LogP contribution in [-0.2, 0) is 6.42 Å². The molecule has 1 aliphatic carbocycles. The number of ether oxygens (including phenoxy) is 1. The van der Waals surface area contributed by atoms with Gasteiger partial charge in [0.25, 0.3) is 0 Å². The molecule has 0 radical (unpaired) electrons. The van der Waals surface area contributed by atoms with Gasteiger partial charge in [0.2, 0.25) is 0 Å². The number of carbonyl (C=O) groups excluding carboxylic acids is 1. The van der Waals surface area contributed by atoms with Gasteiger partial charge in [-0.05, 0) is 42.5 Å². The summed E-state index contributed by atoms with van der Waals surface area (Å²) in [5, 5.41) is 0. The van der Waals surface area contributed by atoms with Crippen molar-refractivity contribution in [1.29, 1.82) is 0 Å². The topological polar surface area (TPSA) is 26.3 Å². The maximum atomic E-state index is 13.9. The molecule has 2 aromatic rings. The lowest BCUT2D eigenvalue weighted by Crippen LogP contribution is -2.16. The molecule has 0 aromatic heterocycles. The number of rotatable bonds is 3. The maximum absolute atomic E-state index is 13.9. The first-order chi connectivity index (χ1) is 10.2. The van der Waals surface area contributed by atoms with Gasteiger partial charge in [-0.25, -0.2) is 8.78 Å². The smallest absolute Gasteiger partial charge is 0.191 e. The number of halogens is 2. The van der Waals surface area contributed by atoms with Gasteiger partial charge >= 0.3 is 0 Å². The highest BCUT2D eigenvalue weighted by atomic mass is 19.1. The third-order valence-electron chi connectivity index (χ3n) is 3.73. The third kappa shape index (κ3) is 2.66. The molecule has 1 aliphatic rings. The molecule has 0 aliphatic heterocycles. The minimum Gasteiger partial charge on any atom is -0.480 e. The fourth-order valence-corrected chi connectivity index (χ4v) is 2.73. The number of fused-ring (bicyclic) bond motifs is 1. The van der Waals surface area contributed by atoms with Crippen molar-refractivity contribution < 1.29 is 18.3 Å². The van der Waals surface area contributed by atoms with E-state index in [0.29, 0.717) is 12.7 Å². The monoisotopic (exact) mass is 288 g/mol. The largest absolute Gasteiger partial charge is 0.480 e. The number of benzene rings is 2. The molecular weight excluding hydrogens is 274 g/mol. The molecule has 21 heavy (non-hydrogen) atoms. The van der Waals surface area contributed by atoms with Gasteiger partial charge in [-0.1, -0.05) is 24.3 Å². The van der Waals surface area contributed by atoms with E-state index >= 15 is 0 Å². The van der Waals surface area contributed by atoms with Crippen molar-refractivity contribution in [1.82, 2.24) is 0 Å². The lowest BCUT2D eigenvalue weighted by atomic mass is 9.89. The lowest BCUT2D eigenvalue weighted by molar-refractivity contribution is 0.112. The molecule has 2 aromatic carbocycles. The molecular formula is C17H14F2O2. The van der Waals surface area contributed by atoms with Crippen molar-refractivity contribution in [2.45, 2.75) is 25.4 Å². The summed E-state index contributed by atoms with van der Waals surface area (Å²) >= 11 is 0. The number of aldehydes is 1. The van der Waals surface area contributed by atoms with E-state index in [4.69, 9.17) is 4.74 Å². The molecule has 2 nitrogen and oxygen atoms in total. The second kappa shape index (κ2) is 5.64. The molecule has 108 valence electrons. The van der Waals surface area contributed by atoms with E-state index in [9.17, 15) is 13.6 Å². The van der Waals surface area contributed by atoms with Crippen molar-refractivity contribution >= 4 is 6.29 Å². The maximum Gasteiger partial charge on any atom is 0.191 e. The molecule has 3 rings (SSSR count). The first-order valence-electron chi connectivity index (χ1n) is 6.87. The van der Waals surface area contributed by atoms with E-state index in [-0.39, 0.29) is 11.7 Å². The molecule has 0 saturated heterocycles. The van der Waals surface area contributed by atoms with Crippen LogP contribution in [-0.4, -0.2) is 6.29 Å². The van der Waals surface area contributed by atoms with Crippen LogP contribution in [0.4, 0.5) is 8.78 Å². The number of hydrogen-bond donors (Lipinski definition) is 0. The summed E-state index contributed by atoms with van der Waals surface area (Å²) in [6.07, 6.45) is 2.63. The highest BCUT2D eigenvalue weighted by Gasteiger charge is 2.24. The Balaban J connectivity index is 1.93. The quantitative estimate of drug-likeness (QED) is 0.790. The van der Waals surface area contributed by atoms with Crippen LogP contribution in [0.1, 0.15) is 40.4 Å². The lowest BCUT2D eigenvalue weighted by Gasteiger charge is -2.26. The minimum atomic E-state index is -0.847. The first kappa shape index (κ1) is 13.7. The summed E-state index contributed by atoms with van der Waals surface area (Å²) in [5.74, 6) is -2.11. The molecule has 0 spiro atoms. The van der Waals surface area contributed by atoms with E-state index in [1.165, 1.54) is 0 Å². The first-order valence-corrected chi connectivity index (χ1v) is 6.87. The van der Waals surface area contributed by atoms with Gasteiger partial charge in [0, 0.05) is 5.56 Å². The van der Waals surface area contributed by atoms with Crippen molar-refractivity contribution in [2.24, 2.45) is 0 Å². The van der Waals surface area contributed by atoms with Crippen molar-refractivity contribution in [2.75, 3.05) is 0 Å². The summed E-state index contributed by atoms with van der Waals surface area (Å²) in [4.78, 5) is 10.6. The second-order valence-corrected chi connectivity index (χ2v) is 5.13. The highest BCUT2D eigenvalue weighted by Crippen LogP contribution is 2.35. The number of hydrogen-bond acceptors (Lipinski definition) is 2. The van der Waals surface area contributed by atoms with Crippen molar-refractivity contribution in [3.05, 3.63) is 64.7 Å². The molecule has 0 N–H and O–H groups in total. The Morgan fingerprint density at radius 1 is 1.14 bits per heavy atom. The average Bonchev–Trinajstić information content (AvgIpc) is 2.50. The Labute approximate surface area is 121 Å². The Morgan fingerprint density at radius 3 is 2.57 bits per heavy atom. The summed E-state index contributed by atoms with van der Waals surface area (Å²) in [6, 6.07) is 9.74. The van der Waals surface area contributed by atoms with Crippen LogP contribution < -0.4 is 4.74 Å². The molecule has 0 fully saturated rings. The van der Waals surface area contributed by atoms with Crippen molar-refractivity contribution in [3.8, 4) is 5.75 Å². The second-order valence-electron chi connectivity index (χ2n) is 5.13. The molecule has 1 atom stereocenters. The SMILES string of the molecule is O=Cc1cc(F)c(OC2CCCc3ccccc32)c(F)c1. The minimum absolute atomic E-state index is 0.0404. The summed E-state index contributed by atoms with van der Waals surface area (Å²) in [5.41, 5.74) is 2.09. The van der Waals surface area contributed by atoms with E-state index in [2.05, 4.69) is 0 Å². The standard InChI is InChI=1S/C17H14F2O2/c18-14-8-11(10-20)9-15(19)17(14)21-16-7-3-5-12-4-1-2-6-13(12)16/h1-2,4,6,8-10,16H,3,5,7H2. The molecule has 0 heterocycles. The van der Waals surface area contributed by atoms with Gasteiger partial charge in [-0.2, -0.15) is 0 Å².